The molecule has 1 saturated heterocycles. The number of nitrogens with zero attached hydrogens (tertiary/aromatic N) is 1. The Labute approximate surface area is 108 Å². The van der Waals surface area contributed by atoms with Gasteiger partial charge in [-0.25, -0.2) is 0 Å². The lowest BCUT2D eigenvalue weighted by atomic mass is 9.83. The van der Waals surface area contributed by atoms with E-state index in [1.165, 1.54) is 38.8 Å². The minimum Gasteiger partial charge on any atom is -0.311 e. The van der Waals surface area contributed by atoms with Crippen molar-refractivity contribution in [3.8, 4) is 0 Å². The van der Waals surface area contributed by atoms with Crippen molar-refractivity contribution < 1.29 is 0 Å². The van der Waals surface area contributed by atoms with E-state index in [2.05, 4.69) is 44.8 Å². The molecular formula is C15H32N2. The van der Waals surface area contributed by atoms with Gasteiger partial charge in [0, 0.05) is 25.2 Å². The molecule has 1 aliphatic rings. The van der Waals surface area contributed by atoms with Gasteiger partial charge in [0.25, 0.3) is 0 Å². The molecule has 1 rings (SSSR count). The molecule has 1 aliphatic heterocycles. The molecule has 0 spiro atoms. The minimum absolute atomic E-state index is 0.387. The van der Waals surface area contributed by atoms with Crippen molar-refractivity contribution in [2.24, 2.45) is 5.41 Å². The summed E-state index contributed by atoms with van der Waals surface area (Å²) in [5.41, 5.74) is 0.387. The predicted molar refractivity (Wildman–Crippen MR) is 76.4 cm³/mol. The molecule has 102 valence electrons. The van der Waals surface area contributed by atoms with E-state index in [1.54, 1.807) is 0 Å². The van der Waals surface area contributed by atoms with Crippen LogP contribution in [0.4, 0.5) is 0 Å². The molecule has 17 heavy (non-hydrogen) atoms. The third-order valence-electron chi connectivity index (χ3n) is 4.04. The number of nitrogens with one attached hydrogen (secondary N) is 1. The maximum absolute atomic E-state index is 3.70. The first kappa shape index (κ1) is 15.0. The van der Waals surface area contributed by atoms with Gasteiger partial charge in [-0.3, -0.25) is 4.90 Å². The van der Waals surface area contributed by atoms with Crippen molar-refractivity contribution in [1.82, 2.24) is 10.2 Å². The van der Waals surface area contributed by atoms with Crippen LogP contribution in [0.2, 0.25) is 0 Å². The summed E-state index contributed by atoms with van der Waals surface area (Å²) in [5, 5.41) is 3.70. The van der Waals surface area contributed by atoms with E-state index in [4.69, 9.17) is 0 Å². The summed E-state index contributed by atoms with van der Waals surface area (Å²) in [4.78, 5) is 2.74. The summed E-state index contributed by atoms with van der Waals surface area (Å²) >= 11 is 0. The molecule has 0 aromatic rings. The van der Waals surface area contributed by atoms with Gasteiger partial charge in [-0.05, 0) is 24.8 Å². The Bertz CT molecular complexity index is 207. The van der Waals surface area contributed by atoms with Crippen molar-refractivity contribution in [1.29, 1.82) is 0 Å². The number of piperazine rings is 1. The highest BCUT2D eigenvalue weighted by Crippen LogP contribution is 2.27. The van der Waals surface area contributed by atoms with E-state index >= 15 is 0 Å². The molecule has 2 unspecified atom stereocenters. The summed E-state index contributed by atoms with van der Waals surface area (Å²) in [6, 6.07) is 1.40. The van der Waals surface area contributed by atoms with E-state index in [9.17, 15) is 0 Å². The lowest BCUT2D eigenvalue weighted by molar-refractivity contribution is 0.0535. The van der Waals surface area contributed by atoms with Crippen LogP contribution in [0.3, 0.4) is 0 Å². The molecule has 2 heteroatoms. The molecule has 0 aliphatic carbocycles. The van der Waals surface area contributed by atoms with E-state index in [0.29, 0.717) is 17.5 Å². The zero-order chi connectivity index (χ0) is 12.9. The minimum atomic E-state index is 0.387. The van der Waals surface area contributed by atoms with Gasteiger partial charge in [-0.1, -0.05) is 47.5 Å². The van der Waals surface area contributed by atoms with Crippen molar-refractivity contribution in [3.63, 3.8) is 0 Å². The molecule has 2 nitrogen and oxygen atoms in total. The normalized spacial score (nSPS) is 27.4. The number of rotatable bonds is 5. The van der Waals surface area contributed by atoms with Gasteiger partial charge >= 0.3 is 0 Å². The Morgan fingerprint density at radius 1 is 1.18 bits per heavy atom. The average molecular weight is 240 g/mol. The quantitative estimate of drug-likeness (QED) is 0.742. The zero-order valence-electron chi connectivity index (χ0n) is 12.6. The highest BCUT2D eigenvalue weighted by atomic mass is 15.2. The summed E-state index contributed by atoms with van der Waals surface area (Å²) in [5.74, 6) is 0. The topological polar surface area (TPSA) is 15.3 Å². The Morgan fingerprint density at radius 2 is 1.88 bits per heavy atom. The molecule has 0 saturated carbocycles. The lowest BCUT2D eigenvalue weighted by Gasteiger charge is -2.46. The first-order chi connectivity index (χ1) is 7.99. The standard InChI is InChI=1S/C15H32N2/c1-6-8-9-10-17-12-13(7-2)16-11-14(17)15(3,4)5/h13-14,16H,6-12H2,1-5H3. The summed E-state index contributed by atoms with van der Waals surface area (Å²) < 4.78 is 0. The molecule has 1 heterocycles. The Morgan fingerprint density at radius 3 is 2.41 bits per heavy atom. The monoisotopic (exact) mass is 240 g/mol. The summed E-state index contributed by atoms with van der Waals surface area (Å²) in [6.07, 6.45) is 5.31. The largest absolute Gasteiger partial charge is 0.311 e. The second kappa shape index (κ2) is 6.75. The van der Waals surface area contributed by atoms with Gasteiger partial charge in [0.2, 0.25) is 0 Å². The fourth-order valence-corrected chi connectivity index (χ4v) is 2.82. The van der Waals surface area contributed by atoms with Crippen molar-refractivity contribution >= 4 is 0 Å². The van der Waals surface area contributed by atoms with Gasteiger partial charge in [0.15, 0.2) is 0 Å². The molecule has 0 radical (unpaired) electrons. The maximum Gasteiger partial charge on any atom is 0.0269 e. The van der Waals surface area contributed by atoms with Crippen LogP contribution in [-0.2, 0) is 0 Å². The van der Waals surface area contributed by atoms with Crippen LogP contribution in [0.25, 0.3) is 0 Å². The second-order valence-electron chi connectivity index (χ2n) is 6.60. The van der Waals surface area contributed by atoms with Gasteiger partial charge in [-0.15, -0.1) is 0 Å². The van der Waals surface area contributed by atoms with Crippen LogP contribution in [0, 0.1) is 5.41 Å². The van der Waals surface area contributed by atoms with Crippen LogP contribution >= 0.6 is 0 Å². The molecule has 0 aromatic heterocycles. The smallest absolute Gasteiger partial charge is 0.0269 e. The Balaban J connectivity index is 2.55. The van der Waals surface area contributed by atoms with Gasteiger partial charge in [0.05, 0.1) is 0 Å². The fourth-order valence-electron chi connectivity index (χ4n) is 2.82. The van der Waals surface area contributed by atoms with Gasteiger partial charge in [0.1, 0.15) is 0 Å². The molecule has 2 atom stereocenters. The first-order valence-corrected chi connectivity index (χ1v) is 7.46. The second-order valence-corrected chi connectivity index (χ2v) is 6.60. The van der Waals surface area contributed by atoms with E-state index in [-0.39, 0.29) is 0 Å². The van der Waals surface area contributed by atoms with Crippen LogP contribution in [0.5, 0.6) is 0 Å². The third-order valence-corrected chi connectivity index (χ3v) is 4.04. The van der Waals surface area contributed by atoms with Crippen LogP contribution in [0.15, 0.2) is 0 Å². The Kier molecular flexibility index (Phi) is 5.94. The molecule has 1 N–H and O–H groups in total. The fraction of sp³-hybridized carbons (Fsp3) is 1.00. The zero-order valence-corrected chi connectivity index (χ0v) is 12.6. The van der Waals surface area contributed by atoms with Crippen molar-refractivity contribution in [3.05, 3.63) is 0 Å². The summed E-state index contributed by atoms with van der Waals surface area (Å²) in [6.45, 7) is 15.4. The van der Waals surface area contributed by atoms with Gasteiger partial charge < -0.3 is 5.32 Å². The average Bonchev–Trinajstić information content (AvgIpc) is 2.28. The molecular weight excluding hydrogens is 208 g/mol. The highest BCUT2D eigenvalue weighted by molar-refractivity contribution is 4.91. The first-order valence-electron chi connectivity index (χ1n) is 7.46. The third kappa shape index (κ3) is 4.59. The maximum atomic E-state index is 3.70. The predicted octanol–water partition coefficient (Wildman–Crippen LogP) is 3.28. The van der Waals surface area contributed by atoms with E-state index < -0.39 is 0 Å². The molecule has 1 fully saturated rings. The molecule has 0 amide bonds. The SMILES string of the molecule is CCCCCN1CC(CC)NCC1C(C)(C)C. The van der Waals surface area contributed by atoms with Crippen molar-refractivity contribution in [2.45, 2.75) is 72.4 Å². The summed E-state index contributed by atoms with van der Waals surface area (Å²) in [7, 11) is 0. The highest BCUT2D eigenvalue weighted by Gasteiger charge is 2.34. The van der Waals surface area contributed by atoms with E-state index in [0.717, 1.165) is 6.54 Å². The number of hydrogen-bond acceptors (Lipinski definition) is 2. The van der Waals surface area contributed by atoms with Crippen LogP contribution < -0.4 is 5.32 Å². The van der Waals surface area contributed by atoms with Gasteiger partial charge in [-0.2, -0.15) is 0 Å². The molecule has 0 bridgehead atoms. The van der Waals surface area contributed by atoms with Crippen LogP contribution in [-0.4, -0.2) is 36.6 Å². The number of hydrogen-bond donors (Lipinski definition) is 1. The lowest BCUT2D eigenvalue weighted by Crippen LogP contribution is -2.60. The number of unbranched alkanes of at least 4 members (excludes halogenated alkanes) is 2. The molecule has 0 aromatic carbocycles. The Hall–Kier alpha value is -0.0800. The van der Waals surface area contributed by atoms with E-state index in [1.807, 2.05) is 0 Å². The van der Waals surface area contributed by atoms with Crippen LogP contribution in [0.1, 0.15) is 60.3 Å². The van der Waals surface area contributed by atoms with Crippen molar-refractivity contribution in [2.75, 3.05) is 19.6 Å².